The number of likely N-dealkylation sites (tertiary alicyclic amines) is 1. The van der Waals surface area contributed by atoms with Crippen LogP contribution in [0.3, 0.4) is 0 Å². The molecule has 9 heteroatoms. The molecule has 1 aliphatic carbocycles. The molecule has 0 radical (unpaired) electrons. The molecule has 2 bridgehead atoms. The number of thioether (sulfide) groups is 1. The van der Waals surface area contributed by atoms with Gasteiger partial charge >= 0.3 is 0 Å². The van der Waals surface area contributed by atoms with Crippen LogP contribution in [-0.4, -0.2) is 57.6 Å². The van der Waals surface area contributed by atoms with E-state index in [1.165, 1.54) is 0 Å². The number of hydrogen-bond donors (Lipinski definition) is 2. The molecule has 4 aliphatic rings. The normalized spacial score (nSPS) is 34.1. The summed E-state index contributed by atoms with van der Waals surface area (Å²) in [6, 6.07) is 10.5. The summed E-state index contributed by atoms with van der Waals surface area (Å²) >= 11 is 1.59. The molecule has 3 amide bonds. The lowest BCUT2D eigenvalue weighted by Crippen LogP contribution is -2.57. The molecule has 6 rings (SSSR count). The van der Waals surface area contributed by atoms with E-state index in [1.54, 1.807) is 29.1 Å². The molecule has 8 nitrogen and oxygen atoms in total. The summed E-state index contributed by atoms with van der Waals surface area (Å²) < 4.78 is 6.49. The maximum Gasteiger partial charge on any atom is 0.246 e. The molecular weight excluding hydrogens is 524 g/mol. The number of amides is 3. The van der Waals surface area contributed by atoms with Crippen LogP contribution < -0.4 is 10.6 Å². The number of anilines is 1. The van der Waals surface area contributed by atoms with Crippen molar-refractivity contribution in [2.45, 2.75) is 68.3 Å². The summed E-state index contributed by atoms with van der Waals surface area (Å²) in [5, 5.41) is 6.31. The molecule has 40 heavy (non-hydrogen) atoms. The predicted octanol–water partition coefficient (Wildman–Crippen LogP) is 4.03. The van der Waals surface area contributed by atoms with Gasteiger partial charge in [-0.25, -0.2) is 0 Å². The lowest BCUT2D eigenvalue weighted by atomic mass is 9.73. The fraction of sp³-hybridized carbons (Fsp3) is 0.484. The van der Waals surface area contributed by atoms with Gasteiger partial charge in [0.1, 0.15) is 11.6 Å². The molecule has 3 fully saturated rings. The smallest absolute Gasteiger partial charge is 0.246 e. The maximum absolute atomic E-state index is 14.2. The number of nitrogens with zero attached hydrogens (tertiary/aromatic N) is 2. The zero-order valence-electron chi connectivity index (χ0n) is 23.1. The third-order valence-corrected chi connectivity index (χ3v) is 10.1. The van der Waals surface area contributed by atoms with Gasteiger partial charge in [0, 0.05) is 35.6 Å². The van der Waals surface area contributed by atoms with Crippen LogP contribution in [0.2, 0.25) is 0 Å². The highest BCUT2D eigenvalue weighted by atomic mass is 32.2. The van der Waals surface area contributed by atoms with Crippen LogP contribution in [0.25, 0.3) is 0 Å². The number of rotatable bonds is 7. The van der Waals surface area contributed by atoms with Crippen molar-refractivity contribution in [3.05, 3.63) is 66.5 Å². The van der Waals surface area contributed by atoms with E-state index < -0.39 is 29.6 Å². The molecule has 2 saturated heterocycles. The zero-order valence-corrected chi connectivity index (χ0v) is 23.9. The molecule has 2 aromatic rings. The van der Waals surface area contributed by atoms with Crippen molar-refractivity contribution < 1.29 is 19.1 Å². The maximum atomic E-state index is 14.2. The molecule has 3 aliphatic heterocycles. The fourth-order valence-electron chi connectivity index (χ4n) is 7.10. The van der Waals surface area contributed by atoms with Gasteiger partial charge in [0.2, 0.25) is 17.7 Å². The first kappa shape index (κ1) is 27.0. The number of ether oxygens (including phenoxy) is 1. The highest BCUT2D eigenvalue weighted by Gasteiger charge is 2.72. The van der Waals surface area contributed by atoms with Crippen molar-refractivity contribution in [3.8, 4) is 0 Å². The zero-order chi connectivity index (χ0) is 28.0. The second-order valence-corrected chi connectivity index (χ2v) is 12.5. The third-order valence-electron chi connectivity index (χ3n) is 9.37. The Bertz CT molecular complexity index is 1340. The molecule has 1 saturated carbocycles. The van der Waals surface area contributed by atoms with Crippen molar-refractivity contribution in [3.63, 3.8) is 0 Å². The molecule has 8 atom stereocenters. The van der Waals surface area contributed by atoms with Crippen molar-refractivity contribution >= 4 is 35.2 Å². The monoisotopic (exact) mass is 560 g/mol. The highest BCUT2D eigenvalue weighted by Crippen LogP contribution is 2.55. The van der Waals surface area contributed by atoms with E-state index in [0.29, 0.717) is 17.5 Å². The van der Waals surface area contributed by atoms with Crippen LogP contribution >= 0.6 is 11.8 Å². The van der Waals surface area contributed by atoms with Gasteiger partial charge in [0.05, 0.1) is 17.9 Å². The molecule has 1 aromatic carbocycles. The Kier molecular flexibility index (Phi) is 7.21. The van der Waals surface area contributed by atoms with E-state index in [4.69, 9.17) is 4.74 Å². The van der Waals surface area contributed by atoms with Gasteiger partial charge in [-0.3, -0.25) is 19.4 Å². The first-order valence-electron chi connectivity index (χ1n) is 14.1. The Balaban J connectivity index is 1.32. The first-order chi connectivity index (χ1) is 19.3. The largest absolute Gasteiger partial charge is 0.359 e. The van der Waals surface area contributed by atoms with Gasteiger partial charge in [-0.2, -0.15) is 0 Å². The fourth-order valence-corrected chi connectivity index (χ4v) is 7.56. The van der Waals surface area contributed by atoms with Crippen LogP contribution in [-0.2, 0) is 25.7 Å². The van der Waals surface area contributed by atoms with Crippen LogP contribution in [0.4, 0.5) is 5.69 Å². The van der Waals surface area contributed by atoms with E-state index in [1.807, 2.05) is 54.8 Å². The predicted molar refractivity (Wildman–Crippen MR) is 153 cm³/mol. The van der Waals surface area contributed by atoms with Crippen LogP contribution in [0.1, 0.15) is 38.7 Å². The number of nitrogens with one attached hydrogen (secondary N) is 2. The van der Waals surface area contributed by atoms with E-state index in [-0.39, 0.29) is 30.3 Å². The minimum absolute atomic E-state index is 0.0347. The standard InChI is InChI=1S/C31H36N4O4S/c1-18-7-4-11-23(19(18)2)34-29(37)27-31-13-12-24(39-31)25(28(36)33-21-9-5-10-22(15-21)40-3)26(31)30(38)35(27)17-20-8-6-14-32-16-20/h5-6,8-10,12-16,18-19,23-27H,4,7,11,17H2,1-3H3,(H,33,36)(H,34,37)/t18-,19+,23+,24-,25+,26-,27-,31-/m0/s1. The molecule has 210 valence electrons. The number of fused-ring (bicyclic) bond motifs is 1. The van der Waals surface area contributed by atoms with Crippen molar-refractivity contribution in [2.24, 2.45) is 23.7 Å². The molecule has 0 unspecified atom stereocenters. The average molecular weight is 561 g/mol. The summed E-state index contributed by atoms with van der Waals surface area (Å²) in [7, 11) is 0. The van der Waals surface area contributed by atoms with Gasteiger partial charge in [0.15, 0.2) is 0 Å². The number of carbonyl (C=O) groups is 3. The lowest BCUT2D eigenvalue weighted by molar-refractivity contribution is -0.142. The highest BCUT2D eigenvalue weighted by molar-refractivity contribution is 7.98. The molecule has 4 heterocycles. The Morgan fingerprint density at radius 2 is 2.02 bits per heavy atom. The van der Waals surface area contributed by atoms with E-state index >= 15 is 0 Å². The van der Waals surface area contributed by atoms with Crippen LogP contribution in [0.5, 0.6) is 0 Å². The number of aromatic nitrogens is 1. The van der Waals surface area contributed by atoms with Gasteiger partial charge in [-0.05, 0) is 54.3 Å². The third kappa shape index (κ3) is 4.53. The van der Waals surface area contributed by atoms with Crippen molar-refractivity contribution in [1.82, 2.24) is 15.2 Å². The average Bonchev–Trinajstić information content (AvgIpc) is 3.59. The molecule has 1 spiro atoms. The van der Waals surface area contributed by atoms with Gasteiger partial charge in [-0.15, -0.1) is 11.8 Å². The van der Waals surface area contributed by atoms with E-state index in [2.05, 4.69) is 29.5 Å². The lowest BCUT2D eigenvalue weighted by Gasteiger charge is -2.38. The Morgan fingerprint density at radius 1 is 1.18 bits per heavy atom. The summed E-state index contributed by atoms with van der Waals surface area (Å²) in [6.07, 6.45) is 11.6. The van der Waals surface area contributed by atoms with E-state index in [9.17, 15) is 14.4 Å². The number of carbonyl (C=O) groups excluding carboxylic acids is 3. The summed E-state index contributed by atoms with van der Waals surface area (Å²) in [5.41, 5.74) is 0.295. The SMILES string of the molecule is CSc1cccc(NC(=O)[C@@H]2[C@@H]3C=C[C@]4(O3)[C@@H]2C(=O)N(Cc2cccnc2)[C@H]4C(=O)N[C@@H]2CCC[C@H](C)[C@H]2C)c1. The van der Waals surface area contributed by atoms with Crippen molar-refractivity contribution in [1.29, 1.82) is 0 Å². The minimum Gasteiger partial charge on any atom is -0.359 e. The first-order valence-corrected chi connectivity index (χ1v) is 15.4. The number of hydrogen-bond acceptors (Lipinski definition) is 6. The van der Waals surface area contributed by atoms with Crippen LogP contribution in [0.15, 0.2) is 65.8 Å². The Labute approximate surface area is 239 Å². The summed E-state index contributed by atoms with van der Waals surface area (Å²) in [5.74, 6) is -1.41. The van der Waals surface area contributed by atoms with Crippen LogP contribution in [0, 0.1) is 23.7 Å². The molecular formula is C31H36N4O4S. The Hall–Kier alpha value is -3.17. The summed E-state index contributed by atoms with van der Waals surface area (Å²) in [4.78, 5) is 48.9. The minimum atomic E-state index is -1.19. The number of pyridine rings is 1. The summed E-state index contributed by atoms with van der Waals surface area (Å²) in [6.45, 7) is 4.63. The molecule has 2 N–H and O–H groups in total. The van der Waals surface area contributed by atoms with Gasteiger partial charge in [0.25, 0.3) is 0 Å². The van der Waals surface area contributed by atoms with E-state index in [0.717, 1.165) is 29.7 Å². The van der Waals surface area contributed by atoms with Gasteiger partial charge < -0.3 is 20.3 Å². The van der Waals surface area contributed by atoms with Crippen molar-refractivity contribution in [2.75, 3.05) is 11.6 Å². The topological polar surface area (TPSA) is 101 Å². The van der Waals surface area contributed by atoms with Gasteiger partial charge in [-0.1, -0.05) is 51.0 Å². The quantitative estimate of drug-likeness (QED) is 0.392. The molecule has 1 aromatic heterocycles. The second kappa shape index (κ2) is 10.7. The Morgan fingerprint density at radius 3 is 2.80 bits per heavy atom. The second-order valence-electron chi connectivity index (χ2n) is 11.6. The number of benzene rings is 1.